The van der Waals surface area contributed by atoms with Crippen molar-refractivity contribution in [2.75, 3.05) is 33.7 Å². The van der Waals surface area contributed by atoms with Gasteiger partial charge in [-0.15, -0.1) is 0 Å². The number of carbonyl (C=O) groups is 1. The molecule has 0 bridgehead atoms. The van der Waals surface area contributed by atoms with Gasteiger partial charge in [0.1, 0.15) is 11.5 Å². The molecule has 2 atom stereocenters. The van der Waals surface area contributed by atoms with Crippen molar-refractivity contribution in [1.29, 1.82) is 0 Å². The molecule has 1 amide bonds. The van der Waals surface area contributed by atoms with Gasteiger partial charge in [-0.2, -0.15) is 0 Å². The lowest BCUT2D eigenvalue weighted by molar-refractivity contribution is -0.134. The first-order valence-electron chi connectivity index (χ1n) is 7.36. The van der Waals surface area contributed by atoms with E-state index < -0.39 is 6.10 Å². The highest BCUT2D eigenvalue weighted by atomic mass is 16.3. The lowest BCUT2D eigenvalue weighted by atomic mass is 10.1. The predicted octanol–water partition coefficient (Wildman–Crippen LogP) is 0.201. The summed E-state index contributed by atoms with van der Waals surface area (Å²) in [5.74, 6) is 1.67. The molecule has 21 heavy (non-hydrogen) atoms. The second-order valence-electron chi connectivity index (χ2n) is 5.93. The molecule has 118 valence electrons. The molecular weight excluding hydrogens is 270 g/mol. The van der Waals surface area contributed by atoms with Crippen LogP contribution >= 0.6 is 0 Å². The first-order valence-corrected chi connectivity index (χ1v) is 7.36. The summed E-state index contributed by atoms with van der Waals surface area (Å²) in [6.45, 7) is 4.28. The molecule has 0 saturated carbocycles. The highest BCUT2D eigenvalue weighted by Gasteiger charge is 2.31. The first kappa shape index (κ1) is 16.0. The number of aryl methyl sites for hydroxylation is 1. The Balaban J connectivity index is 2.01. The Morgan fingerprint density at radius 2 is 2.19 bits per heavy atom. The maximum absolute atomic E-state index is 12.6. The molecule has 0 aliphatic carbocycles. The number of nitrogens with one attached hydrogen (secondary N) is 1. The van der Waals surface area contributed by atoms with Gasteiger partial charge < -0.3 is 24.6 Å². The van der Waals surface area contributed by atoms with E-state index in [1.807, 2.05) is 38.1 Å². The number of likely N-dealkylation sites (N-methyl/N-ethyl adjacent to an activating group) is 1. The third kappa shape index (κ3) is 4.56. The van der Waals surface area contributed by atoms with E-state index in [-0.39, 0.29) is 11.9 Å². The van der Waals surface area contributed by atoms with Gasteiger partial charge in [-0.3, -0.25) is 4.79 Å². The number of aliphatic hydroxyl groups is 1. The zero-order chi connectivity index (χ0) is 15.4. The SMILES string of the molecule is Cc1ccc(CN(CCN(C)C)C(=O)C2CC(O)CN2)o1. The van der Waals surface area contributed by atoms with Crippen molar-refractivity contribution in [3.05, 3.63) is 23.7 Å². The monoisotopic (exact) mass is 295 g/mol. The Hall–Kier alpha value is -1.37. The standard InChI is InChI=1S/C15H25N3O3/c1-11-4-5-13(21-11)10-18(7-6-17(2)3)15(20)14-8-12(19)9-16-14/h4-5,12,14,16,19H,6-10H2,1-3H3. The Kier molecular flexibility index (Phi) is 5.39. The van der Waals surface area contributed by atoms with E-state index in [4.69, 9.17) is 4.42 Å². The minimum Gasteiger partial charge on any atom is -0.464 e. The number of hydrogen-bond donors (Lipinski definition) is 2. The molecular formula is C15H25N3O3. The van der Waals surface area contributed by atoms with Crippen LogP contribution in [0.1, 0.15) is 17.9 Å². The van der Waals surface area contributed by atoms with Crippen molar-refractivity contribution in [3.8, 4) is 0 Å². The minimum absolute atomic E-state index is 0.0300. The Labute approximate surface area is 125 Å². The van der Waals surface area contributed by atoms with Crippen molar-refractivity contribution in [3.63, 3.8) is 0 Å². The summed E-state index contributed by atoms with van der Waals surface area (Å²) in [5.41, 5.74) is 0. The number of rotatable bonds is 6. The largest absolute Gasteiger partial charge is 0.464 e. The van der Waals surface area contributed by atoms with Crippen LogP contribution in [0.3, 0.4) is 0 Å². The first-order chi connectivity index (χ1) is 9.95. The molecule has 1 saturated heterocycles. The summed E-state index contributed by atoms with van der Waals surface area (Å²) < 4.78 is 5.58. The second kappa shape index (κ2) is 7.06. The van der Waals surface area contributed by atoms with Crippen LogP contribution in [-0.2, 0) is 11.3 Å². The molecule has 1 aliphatic heterocycles. The molecule has 1 fully saturated rings. The Bertz CT molecular complexity index is 472. The average Bonchev–Trinajstić information content (AvgIpc) is 3.02. The van der Waals surface area contributed by atoms with E-state index in [1.165, 1.54) is 0 Å². The van der Waals surface area contributed by atoms with Crippen LogP contribution in [0.2, 0.25) is 0 Å². The number of amides is 1. The molecule has 6 heteroatoms. The van der Waals surface area contributed by atoms with Crippen molar-refractivity contribution in [2.24, 2.45) is 0 Å². The van der Waals surface area contributed by atoms with Crippen LogP contribution in [0.25, 0.3) is 0 Å². The highest BCUT2D eigenvalue weighted by molar-refractivity contribution is 5.82. The number of carbonyl (C=O) groups excluding carboxylic acids is 1. The lowest BCUT2D eigenvalue weighted by Crippen LogP contribution is -2.45. The number of β-amino-alcohol motifs (C(OH)–C–C–N with tert-alkyl or cyclic N) is 1. The summed E-state index contributed by atoms with van der Waals surface area (Å²) in [5, 5.41) is 12.7. The lowest BCUT2D eigenvalue weighted by Gasteiger charge is -2.26. The van der Waals surface area contributed by atoms with Gasteiger partial charge >= 0.3 is 0 Å². The van der Waals surface area contributed by atoms with Crippen molar-refractivity contribution in [1.82, 2.24) is 15.1 Å². The molecule has 1 aliphatic rings. The fraction of sp³-hybridized carbons (Fsp3) is 0.667. The summed E-state index contributed by atoms with van der Waals surface area (Å²) in [7, 11) is 3.97. The van der Waals surface area contributed by atoms with Crippen LogP contribution in [0.15, 0.2) is 16.5 Å². The van der Waals surface area contributed by atoms with Crippen molar-refractivity contribution < 1.29 is 14.3 Å². The fourth-order valence-electron chi connectivity index (χ4n) is 2.47. The zero-order valence-corrected chi connectivity index (χ0v) is 13.0. The minimum atomic E-state index is -0.430. The van der Waals surface area contributed by atoms with Crippen molar-refractivity contribution in [2.45, 2.75) is 32.0 Å². The molecule has 2 N–H and O–H groups in total. The van der Waals surface area contributed by atoms with E-state index in [2.05, 4.69) is 5.32 Å². The third-order valence-corrected chi connectivity index (χ3v) is 3.68. The van der Waals surface area contributed by atoms with E-state index >= 15 is 0 Å². The number of hydrogen-bond acceptors (Lipinski definition) is 5. The number of aliphatic hydroxyl groups excluding tert-OH is 1. The molecule has 0 radical (unpaired) electrons. The average molecular weight is 295 g/mol. The van der Waals surface area contributed by atoms with Crippen LogP contribution < -0.4 is 5.32 Å². The van der Waals surface area contributed by atoms with Crippen LogP contribution in [0.4, 0.5) is 0 Å². The quantitative estimate of drug-likeness (QED) is 0.785. The van der Waals surface area contributed by atoms with E-state index in [0.29, 0.717) is 26.1 Å². The summed E-state index contributed by atoms with van der Waals surface area (Å²) >= 11 is 0. The molecule has 2 unspecified atom stereocenters. The van der Waals surface area contributed by atoms with Gasteiger partial charge in [0, 0.05) is 19.6 Å². The number of nitrogens with zero attached hydrogens (tertiary/aromatic N) is 2. The van der Waals surface area contributed by atoms with E-state index in [1.54, 1.807) is 4.90 Å². The Morgan fingerprint density at radius 1 is 1.43 bits per heavy atom. The van der Waals surface area contributed by atoms with Gasteiger partial charge in [0.2, 0.25) is 5.91 Å². The second-order valence-corrected chi connectivity index (χ2v) is 5.93. The maximum atomic E-state index is 12.6. The molecule has 2 heterocycles. The van der Waals surface area contributed by atoms with Gasteiger partial charge in [-0.1, -0.05) is 0 Å². The smallest absolute Gasteiger partial charge is 0.240 e. The summed E-state index contributed by atoms with van der Waals surface area (Å²) in [4.78, 5) is 16.5. The molecule has 1 aromatic rings. The van der Waals surface area contributed by atoms with Crippen LogP contribution in [0, 0.1) is 6.92 Å². The normalized spacial score (nSPS) is 22.0. The predicted molar refractivity (Wildman–Crippen MR) is 79.8 cm³/mol. The maximum Gasteiger partial charge on any atom is 0.240 e. The number of furan rings is 1. The van der Waals surface area contributed by atoms with Gasteiger partial charge in [-0.05, 0) is 39.6 Å². The van der Waals surface area contributed by atoms with E-state index in [9.17, 15) is 9.90 Å². The molecule has 1 aromatic heterocycles. The summed E-state index contributed by atoms with van der Waals surface area (Å²) in [6, 6.07) is 3.52. The van der Waals surface area contributed by atoms with Gasteiger partial charge in [0.15, 0.2) is 0 Å². The summed E-state index contributed by atoms with van der Waals surface area (Å²) in [6.07, 6.45) is 0.0505. The molecule has 6 nitrogen and oxygen atoms in total. The molecule has 0 aromatic carbocycles. The molecule has 2 rings (SSSR count). The van der Waals surface area contributed by atoms with Gasteiger partial charge in [0.05, 0.1) is 18.7 Å². The Morgan fingerprint density at radius 3 is 2.71 bits per heavy atom. The van der Waals surface area contributed by atoms with E-state index in [0.717, 1.165) is 18.1 Å². The van der Waals surface area contributed by atoms with Crippen LogP contribution in [-0.4, -0.2) is 66.7 Å². The van der Waals surface area contributed by atoms with Gasteiger partial charge in [-0.25, -0.2) is 0 Å². The van der Waals surface area contributed by atoms with Crippen molar-refractivity contribution >= 4 is 5.91 Å². The topological polar surface area (TPSA) is 69.0 Å². The van der Waals surface area contributed by atoms with Crippen LogP contribution in [0.5, 0.6) is 0 Å². The molecule has 0 spiro atoms. The zero-order valence-electron chi connectivity index (χ0n) is 13.0. The van der Waals surface area contributed by atoms with Gasteiger partial charge in [0.25, 0.3) is 0 Å². The highest BCUT2D eigenvalue weighted by Crippen LogP contribution is 2.14. The third-order valence-electron chi connectivity index (χ3n) is 3.68. The fourth-order valence-corrected chi connectivity index (χ4v) is 2.47.